The Morgan fingerprint density at radius 3 is 2.62 bits per heavy atom. The third-order valence-electron chi connectivity index (χ3n) is 1.31. The van der Waals surface area contributed by atoms with Crippen LogP contribution in [0.5, 0.6) is 0 Å². The molecule has 1 aromatic rings. The van der Waals surface area contributed by atoms with E-state index in [1.165, 1.54) is 0 Å². The van der Waals surface area contributed by atoms with Crippen LogP contribution in [-0.2, 0) is 0 Å². The number of hydrogen-bond acceptors (Lipinski definition) is 1. The van der Waals surface area contributed by atoms with E-state index in [4.69, 9.17) is 0 Å². The number of pyridine rings is 1. The molecule has 0 aliphatic heterocycles. The summed E-state index contributed by atoms with van der Waals surface area (Å²) in [6.45, 7) is 6.66. The first kappa shape index (κ1) is 10.5. The fraction of sp³-hybridized carbons (Fsp3) is 0.300. The second-order valence-electron chi connectivity index (χ2n) is 3.83. The first-order valence-electron chi connectivity index (χ1n) is 4.13. The molecule has 0 bridgehead atoms. The average molecular weight is 254 g/mol. The van der Waals surface area contributed by atoms with Gasteiger partial charge in [0.2, 0.25) is 0 Å². The van der Waals surface area contributed by atoms with Gasteiger partial charge in [-0.05, 0) is 28.1 Å². The minimum atomic E-state index is -1.28. The molecule has 3 heteroatoms. The van der Waals surface area contributed by atoms with Crippen LogP contribution in [0.2, 0.25) is 19.6 Å². The van der Waals surface area contributed by atoms with E-state index in [1.54, 1.807) is 6.20 Å². The maximum atomic E-state index is 4.18. The molecule has 1 heterocycles. The quantitative estimate of drug-likeness (QED) is 0.512. The zero-order valence-electron chi connectivity index (χ0n) is 8.06. The molecular weight excluding hydrogens is 242 g/mol. The maximum Gasteiger partial charge on any atom is 0.129 e. The predicted molar refractivity (Wildman–Crippen MR) is 62.2 cm³/mol. The molecule has 1 aromatic heterocycles. The molecule has 0 aliphatic carbocycles. The lowest BCUT2D eigenvalue weighted by molar-refractivity contribution is 1.27. The molecule has 0 fully saturated rings. The van der Waals surface area contributed by atoms with Crippen LogP contribution in [0.15, 0.2) is 22.8 Å². The molecule has 0 saturated carbocycles. The van der Waals surface area contributed by atoms with E-state index >= 15 is 0 Å². The molecule has 1 nitrogen and oxygen atoms in total. The van der Waals surface area contributed by atoms with Crippen molar-refractivity contribution in [3.05, 3.63) is 28.5 Å². The van der Waals surface area contributed by atoms with Crippen molar-refractivity contribution in [2.75, 3.05) is 0 Å². The summed E-state index contributed by atoms with van der Waals surface area (Å²) in [6, 6.07) is 3.85. The SMILES string of the molecule is C[Si](C)(C)C#Cc1ncccc1Br. The molecular formula is C10H12BrNSi. The van der Waals surface area contributed by atoms with Crippen molar-refractivity contribution >= 4 is 24.0 Å². The van der Waals surface area contributed by atoms with Crippen molar-refractivity contribution in [2.24, 2.45) is 0 Å². The highest BCUT2D eigenvalue weighted by molar-refractivity contribution is 9.10. The van der Waals surface area contributed by atoms with Gasteiger partial charge in [-0.25, -0.2) is 4.98 Å². The van der Waals surface area contributed by atoms with Crippen LogP contribution in [0.1, 0.15) is 5.69 Å². The molecule has 13 heavy (non-hydrogen) atoms. The smallest absolute Gasteiger partial charge is 0.129 e. The summed E-state index contributed by atoms with van der Waals surface area (Å²) in [4.78, 5) is 4.18. The molecule has 0 spiro atoms. The lowest BCUT2D eigenvalue weighted by atomic mass is 10.4. The average Bonchev–Trinajstić information content (AvgIpc) is 2.01. The topological polar surface area (TPSA) is 12.9 Å². The van der Waals surface area contributed by atoms with E-state index < -0.39 is 8.07 Å². The number of halogens is 1. The van der Waals surface area contributed by atoms with Crippen LogP contribution in [0.4, 0.5) is 0 Å². The molecule has 1 rings (SSSR count). The zero-order chi connectivity index (χ0) is 9.90. The first-order valence-corrected chi connectivity index (χ1v) is 8.42. The Morgan fingerprint density at radius 2 is 2.08 bits per heavy atom. The lowest BCUT2D eigenvalue weighted by Crippen LogP contribution is -2.16. The standard InChI is InChI=1S/C10H12BrNSi/c1-13(2,3)8-6-10-9(11)5-4-7-12-10/h4-5,7H,1-3H3. The third-order valence-corrected chi connectivity index (χ3v) is 2.83. The van der Waals surface area contributed by atoms with Crippen molar-refractivity contribution in [2.45, 2.75) is 19.6 Å². The Kier molecular flexibility index (Phi) is 3.29. The Bertz CT molecular complexity index is 357. The fourth-order valence-electron chi connectivity index (χ4n) is 0.724. The van der Waals surface area contributed by atoms with Crippen molar-refractivity contribution in [3.63, 3.8) is 0 Å². The second-order valence-corrected chi connectivity index (χ2v) is 9.44. The van der Waals surface area contributed by atoms with Crippen LogP contribution < -0.4 is 0 Å². The predicted octanol–water partition coefficient (Wildman–Crippen LogP) is 3.07. The fourth-order valence-corrected chi connectivity index (χ4v) is 1.57. The number of rotatable bonds is 0. The van der Waals surface area contributed by atoms with Crippen LogP contribution in [0.25, 0.3) is 0 Å². The molecule has 0 N–H and O–H groups in total. The molecule has 0 amide bonds. The summed E-state index contributed by atoms with van der Waals surface area (Å²) in [5, 5.41) is 0. The van der Waals surface area contributed by atoms with Gasteiger partial charge in [-0.2, -0.15) is 0 Å². The molecule has 0 aromatic carbocycles. The summed E-state index contributed by atoms with van der Waals surface area (Å²) in [5.74, 6) is 3.11. The number of nitrogens with zero attached hydrogens (tertiary/aromatic N) is 1. The van der Waals surface area contributed by atoms with Crippen LogP contribution in [-0.4, -0.2) is 13.1 Å². The molecule has 0 aliphatic rings. The van der Waals surface area contributed by atoms with Crippen molar-refractivity contribution in [3.8, 4) is 11.5 Å². The van der Waals surface area contributed by atoms with E-state index in [1.807, 2.05) is 12.1 Å². The number of hydrogen-bond donors (Lipinski definition) is 0. The van der Waals surface area contributed by atoms with Gasteiger partial charge in [-0.3, -0.25) is 0 Å². The molecule has 0 radical (unpaired) electrons. The largest absolute Gasteiger partial charge is 0.247 e. The zero-order valence-corrected chi connectivity index (χ0v) is 10.6. The van der Waals surface area contributed by atoms with Gasteiger partial charge in [0, 0.05) is 6.20 Å². The molecule has 0 unspecified atom stereocenters. The summed E-state index contributed by atoms with van der Waals surface area (Å²) in [6.07, 6.45) is 1.76. The maximum absolute atomic E-state index is 4.18. The van der Waals surface area contributed by atoms with Crippen molar-refractivity contribution < 1.29 is 0 Å². The van der Waals surface area contributed by atoms with Crippen LogP contribution in [0, 0.1) is 11.5 Å². The number of aromatic nitrogens is 1. The first-order chi connectivity index (χ1) is 5.99. The molecule has 0 saturated heterocycles. The van der Waals surface area contributed by atoms with Gasteiger partial charge in [0.1, 0.15) is 13.8 Å². The normalized spacial score (nSPS) is 10.5. The van der Waals surface area contributed by atoms with E-state index in [2.05, 4.69) is 52.0 Å². The van der Waals surface area contributed by atoms with Gasteiger partial charge in [-0.15, -0.1) is 5.54 Å². The minimum absolute atomic E-state index is 0.838. The van der Waals surface area contributed by atoms with Crippen LogP contribution in [0.3, 0.4) is 0 Å². The van der Waals surface area contributed by atoms with Gasteiger partial charge in [-0.1, -0.05) is 25.6 Å². The van der Waals surface area contributed by atoms with E-state index in [0.29, 0.717) is 0 Å². The lowest BCUT2D eigenvalue weighted by Gasteiger charge is -2.03. The minimum Gasteiger partial charge on any atom is -0.247 e. The Labute approximate surface area is 88.7 Å². The van der Waals surface area contributed by atoms with E-state index in [-0.39, 0.29) is 0 Å². The Balaban J connectivity index is 2.97. The van der Waals surface area contributed by atoms with E-state index in [0.717, 1.165) is 10.2 Å². The summed E-state index contributed by atoms with van der Waals surface area (Å²) >= 11 is 3.41. The van der Waals surface area contributed by atoms with Gasteiger partial charge in [0.15, 0.2) is 0 Å². The Morgan fingerprint density at radius 1 is 1.38 bits per heavy atom. The summed E-state index contributed by atoms with van der Waals surface area (Å²) in [7, 11) is -1.28. The van der Waals surface area contributed by atoms with Crippen molar-refractivity contribution in [1.82, 2.24) is 4.98 Å². The van der Waals surface area contributed by atoms with E-state index in [9.17, 15) is 0 Å². The highest BCUT2D eigenvalue weighted by Gasteiger charge is 2.07. The van der Waals surface area contributed by atoms with Gasteiger partial charge in [0.25, 0.3) is 0 Å². The summed E-state index contributed by atoms with van der Waals surface area (Å²) in [5.41, 5.74) is 4.11. The monoisotopic (exact) mass is 253 g/mol. The molecule has 0 atom stereocenters. The highest BCUT2D eigenvalue weighted by atomic mass is 79.9. The molecule has 68 valence electrons. The second kappa shape index (κ2) is 4.08. The van der Waals surface area contributed by atoms with Crippen molar-refractivity contribution in [1.29, 1.82) is 0 Å². The van der Waals surface area contributed by atoms with Crippen LogP contribution >= 0.6 is 15.9 Å². The van der Waals surface area contributed by atoms with Gasteiger partial charge in [0.05, 0.1) is 4.47 Å². The van der Waals surface area contributed by atoms with Gasteiger partial charge >= 0.3 is 0 Å². The summed E-state index contributed by atoms with van der Waals surface area (Å²) < 4.78 is 0.973. The third kappa shape index (κ3) is 3.75. The van der Waals surface area contributed by atoms with Gasteiger partial charge < -0.3 is 0 Å². The Hall–Kier alpha value is -0.593. The highest BCUT2D eigenvalue weighted by Crippen LogP contribution is 2.11.